The van der Waals surface area contributed by atoms with Gasteiger partial charge in [0.1, 0.15) is 0 Å². The van der Waals surface area contributed by atoms with Crippen molar-refractivity contribution < 1.29 is 13.2 Å². The summed E-state index contributed by atoms with van der Waals surface area (Å²) in [5.41, 5.74) is 3.47. The Balaban J connectivity index is 1.54. The maximum atomic E-state index is 12.5. The first-order valence-corrected chi connectivity index (χ1v) is 12.0. The third-order valence-corrected chi connectivity index (χ3v) is 6.89. The average molecular weight is 445 g/mol. The van der Waals surface area contributed by atoms with Gasteiger partial charge < -0.3 is 15.0 Å². The summed E-state index contributed by atoms with van der Waals surface area (Å²) in [4.78, 5) is 6.69. The predicted octanol–water partition coefficient (Wildman–Crippen LogP) is 2.66. The molecule has 0 bridgehead atoms. The third kappa shape index (κ3) is 6.53. The summed E-state index contributed by atoms with van der Waals surface area (Å²) in [6.45, 7) is 4.42. The fraction of sp³-hybridized carbons (Fsp3) is 0.435. The van der Waals surface area contributed by atoms with Crippen LogP contribution in [0.1, 0.15) is 29.5 Å². The number of rotatable bonds is 8. The molecule has 1 aliphatic heterocycles. The molecule has 2 aromatic carbocycles. The normalized spacial score (nSPS) is 17.0. The quantitative estimate of drug-likeness (QED) is 0.483. The van der Waals surface area contributed by atoms with Crippen LogP contribution in [0.15, 0.2) is 58.4 Å². The Kier molecular flexibility index (Phi) is 8.06. The van der Waals surface area contributed by atoms with Crippen molar-refractivity contribution in [2.24, 2.45) is 4.99 Å². The highest BCUT2D eigenvalue weighted by Gasteiger charge is 2.20. The smallest absolute Gasteiger partial charge is 0.240 e. The van der Waals surface area contributed by atoms with E-state index in [1.54, 1.807) is 19.2 Å². The molecular formula is C23H32N4O3S. The molecule has 1 saturated heterocycles. The van der Waals surface area contributed by atoms with Crippen LogP contribution in [0.5, 0.6) is 0 Å². The molecule has 168 valence electrons. The molecule has 1 atom stereocenters. The van der Waals surface area contributed by atoms with Crippen LogP contribution < -0.4 is 10.0 Å². The maximum absolute atomic E-state index is 12.5. The van der Waals surface area contributed by atoms with E-state index in [4.69, 9.17) is 4.74 Å². The lowest BCUT2D eigenvalue weighted by Gasteiger charge is -2.23. The highest BCUT2D eigenvalue weighted by Crippen LogP contribution is 2.14. The zero-order chi connectivity index (χ0) is 22.3. The van der Waals surface area contributed by atoms with Gasteiger partial charge in [-0.25, -0.2) is 13.1 Å². The van der Waals surface area contributed by atoms with Crippen LogP contribution in [-0.4, -0.2) is 52.6 Å². The van der Waals surface area contributed by atoms with E-state index in [1.807, 2.05) is 31.3 Å². The standard InChI is InChI=1S/C23H32N4O3S/c1-18-7-4-5-8-20(18)17-27(3)23(24-2)25-15-19-10-12-22(13-11-19)31(28,29)26-16-21-9-6-14-30-21/h4-5,7-8,10-13,21,26H,6,9,14-17H2,1-3H3,(H,24,25). The molecule has 1 fully saturated rings. The van der Waals surface area contributed by atoms with E-state index < -0.39 is 10.0 Å². The van der Waals surface area contributed by atoms with E-state index in [0.717, 1.165) is 30.9 Å². The summed E-state index contributed by atoms with van der Waals surface area (Å²) in [5.74, 6) is 0.776. The summed E-state index contributed by atoms with van der Waals surface area (Å²) in [6.07, 6.45) is 1.85. The van der Waals surface area contributed by atoms with E-state index in [9.17, 15) is 8.42 Å². The van der Waals surface area contributed by atoms with Gasteiger partial charge in [-0.1, -0.05) is 36.4 Å². The number of guanidine groups is 1. The molecule has 0 amide bonds. The van der Waals surface area contributed by atoms with Gasteiger partial charge >= 0.3 is 0 Å². The van der Waals surface area contributed by atoms with E-state index in [2.05, 4.69) is 39.0 Å². The topological polar surface area (TPSA) is 83.0 Å². The number of sulfonamides is 1. The van der Waals surface area contributed by atoms with Crippen molar-refractivity contribution in [1.82, 2.24) is 14.9 Å². The van der Waals surface area contributed by atoms with Crippen LogP contribution in [-0.2, 0) is 27.8 Å². The molecule has 0 aliphatic carbocycles. The van der Waals surface area contributed by atoms with Gasteiger partial charge in [-0.15, -0.1) is 0 Å². The molecule has 0 spiro atoms. The lowest BCUT2D eigenvalue weighted by atomic mass is 10.1. The van der Waals surface area contributed by atoms with E-state index in [1.165, 1.54) is 11.1 Å². The summed E-state index contributed by atoms with van der Waals surface area (Å²) in [6, 6.07) is 15.2. The minimum absolute atomic E-state index is 0.0262. The summed E-state index contributed by atoms with van der Waals surface area (Å²) >= 11 is 0. The molecule has 8 heteroatoms. The van der Waals surface area contributed by atoms with Gasteiger partial charge in [-0.05, 0) is 48.6 Å². The SMILES string of the molecule is CN=C(NCc1ccc(S(=O)(=O)NCC2CCCO2)cc1)N(C)Cc1ccccc1C. The van der Waals surface area contributed by atoms with E-state index in [0.29, 0.717) is 19.7 Å². The molecule has 2 N–H and O–H groups in total. The van der Waals surface area contributed by atoms with Crippen molar-refractivity contribution in [1.29, 1.82) is 0 Å². The summed E-state index contributed by atoms with van der Waals surface area (Å²) < 4.78 is 33.1. The first kappa shape index (κ1) is 23.2. The number of hydrogen-bond donors (Lipinski definition) is 2. The summed E-state index contributed by atoms with van der Waals surface area (Å²) in [7, 11) is 0.218. The lowest BCUT2D eigenvalue weighted by Crippen LogP contribution is -2.38. The van der Waals surface area contributed by atoms with Gasteiger partial charge in [-0.3, -0.25) is 4.99 Å². The Hall–Kier alpha value is -2.42. The van der Waals surface area contributed by atoms with Gasteiger partial charge in [0.15, 0.2) is 5.96 Å². The zero-order valence-corrected chi connectivity index (χ0v) is 19.3. The Bertz CT molecular complexity index is 984. The molecule has 1 heterocycles. The molecule has 0 saturated carbocycles. The zero-order valence-electron chi connectivity index (χ0n) is 18.5. The number of ether oxygens (including phenoxy) is 1. The van der Waals surface area contributed by atoms with Gasteiger partial charge in [-0.2, -0.15) is 0 Å². The van der Waals surface area contributed by atoms with Gasteiger partial charge in [0.05, 0.1) is 11.0 Å². The van der Waals surface area contributed by atoms with Crippen molar-refractivity contribution in [3.05, 3.63) is 65.2 Å². The molecule has 1 aliphatic rings. The van der Waals surface area contributed by atoms with E-state index in [-0.39, 0.29) is 11.0 Å². The molecule has 0 radical (unpaired) electrons. The Morgan fingerprint density at radius 2 is 1.94 bits per heavy atom. The fourth-order valence-electron chi connectivity index (χ4n) is 3.56. The summed E-state index contributed by atoms with van der Waals surface area (Å²) in [5, 5.41) is 3.34. The van der Waals surface area contributed by atoms with Crippen molar-refractivity contribution in [3.63, 3.8) is 0 Å². The number of nitrogens with one attached hydrogen (secondary N) is 2. The second kappa shape index (κ2) is 10.7. The second-order valence-corrected chi connectivity index (χ2v) is 9.58. The molecular weight excluding hydrogens is 412 g/mol. The largest absolute Gasteiger partial charge is 0.377 e. The number of aryl methyl sites for hydroxylation is 1. The minimum Gasteiger partial charge on any atom is -0.377 e. The first-order valence-electron chi connectivity index (χ1n) is 10.6. The minimum atomic E-state index is -3.53. The molecule has 0 aromatic heterocycles. The van der Waals surface area contributed by atoms with Crippen molar-refractivity contribution in [3.8, 4) is 0 Å². The van der Waals surface area contributed by atoms with Crippen molar-refractivity contribution >= 4 is 16.0 Å². The number of benzene rings is 2. The van der Waals surface area contributed by atoms with Crippen molar-refractivity contribution in [2.75, 3.05) is 27.2 Å². The number of nitrogens with zero attached hydrogens (tertiary/aromatic N) is 2. The Labute approximate surface area is 185 Å². The second-order valence-electron chi connectivity index (χ2n) is 7.81. The molecule has 1 unspecified atom stereocenters. The van der Waals surface area contributed by atoms with E-state index >= 15 is 0 Å². The van der Waals surface area contributed by atoms with Gasteiger partial charge in [0.2, 0.25) is 10.0 Å². The van der Waals surface area contributed by atoms with Crippen molar-refractivity contribution in [2.45, 2.75) is 43.9 Å². The lowest BCUT2D eigenvalue weighted by molar-refractivity contribution is 0.114. The third-order valence-electron chi connectivity index (χ3n) is 5.45. The predicted molar refractivity (Wildman–Crippen MR) is 123 cm³/mol. The van der Waals surface area contributed by atoms with Gasteiger partial charge in [0, 0.05) is 40.3 Å². The average Bonchev–Trinajstić information content (AvgIpc) is 3.29. The monoisotopic (exact) mass is 444 g/mol. The van der Waals surface area contributed by atoms with Crippen LogP contribution in [0.25, 0.3) is 0 Å². The Morgan fingerprint density at radius 3 is 2.58 bits per heavy atom. The first-order chi connectivity index (χ1) is 14.9. The highest BCUT2D eigenvalue weighted by atomic mass is 32.2. The molecule has 31 heavy (non-hydrogen) atoms. The van der Waals surface area contributed by atoms with Crippen LogP contribution in [0, 0.1) is 6.92 Å². The number of aliphatic imine (C=N–C) groups is 1. The fourth-order valence-corrected chi connectivity index (χ4v) is 4.63. The molecule has 7 nitrogen and oxygen atoms in total. The molecule has 3 rings (SSSR count). The van der Waals surface area contributed by atoms with Crippen LogP contribution in [0.4, 0.5) is 0 Å². The number of hydrogen-bond acceptors (Lipinski definition) is 4. The Morgan fingerprint density at radius 1 is 1.19 bits per heavy atom. The van der Waals surface area contributed by atoms with Crippen LogP contribution in [0.3, 0.4) is 0 Å². The highest BCUT2D eigenvalue weighted by molar-refractivity contribution is 7.89. The molecule has 2 aromatic rings. The maximum Gasteiger partial charge on any atom is 0.240 e. The van der Waals surface area contributed by atoms with Crippen LogP contribution in [0.2, 0.25) is 0 Å². The van der Waals surface area contributed by atoms with Gasteiger partial charge in [0.25, 0.3) is 0 Å². The van der Waals surface area contributed by atoms with Crippen LogP contribution >= 0.6 is 0 Å².